The first-order valence-electron chi connectivity index (χ1n) is 5.56. The molecule has 0 aliphatic carbocycles. The minimum atomic E-state index is -0.530. The third-order valence-electron chi connectivity index (χ3n) is 2.80. The van der Waals surface area contributed by atoms with Crippen molar-refractivity contribution in [1.82, 2.24) is 9.55 Å². The Morgan fingerprint density at radius 1 is 1.21 bits per heavy atom. The molecule has 0 atom stereocenters. The van der Waals surface area contributed by atoms with Crippen LogP contribution in [0.5, 0.6) is 17.2 Å². The maximum absolute atomic E-state index is 11.8. The van der Waals surface area contributed by atoms with E-state index in [1.54, 1.807) is 18.2 Å². The summed E-state index contributed by atoms with van der Waals surface area (Å²) in [5, 5.41) is 9.37. The van der Waals surface area contributed by atoms with Gasteiger partial charge < -0.3 is 14.6 Å². The zero-order valence-electron chi connectivity index (χ0n) is 10.9. The Balaban J connectivity index is 2.78. The van der Waals surface area contributed by atoms with Gasteiger partial charge in [-0.2, -0.15) is 0 Å². The second-order valence-corrected chi connectivity index (χ2v) is 3.87. The molecule has 0 saturated carbocycles. The van der Waals surface area contributed by atoms with Gasteiger partial charge in [0.1, 0.15) is 22.9 Å². The molecule has 0 unspecified atom stereocenters. The second-order valence-electron chi connectivity index (χ2n) is 3.87. The van der Waals surface area contributed by atoms with E-state index in [9.17, 15) is 9.90 Å². The largest absolute Gasteiger partial charge is 0.502 e. The predicted molar refractivity (Wildman–Crippen MR) is 69.7 cm³/mol. The molecule has 1 aromatic carbocycles. The number of aromatic hydroxyl groups is 1. The molecule has 0 aliphatic rings. The molecule has 6 heteroatoms. The average Bonchev–Trinajstić information content (AvgIpc) is 2.44. The van der Waals surface area contributed by atoms with Crippen molar-refractivity contribution in [3.05, 3.63) is 34.7 Å². The van der Waals surface area contributed by atoms with Crippen LogP contribution in [0.15, 0.2) is 29.2 Å². The number of benzene rings is 1. The van der Waals surface area contributed by atoms with Crippen molar-refractivity contribution in [3.8, 4) is 28.6 Å². The average molecular weight is 262 g/mol. The van der Waals surface area contributed by atoms with Crippen molar-refractivity contribution < 1.29 is 14.6 Å². The summed E-state index contributed by atoms with van der Waals surface area (Å²) in [6.07, 6.45) is 1.11. The van der Waals surface area contributed by atoms with Gasteiger partial charge in [0, 0.05) is 7.05 Å². The number of ether oxygens (including phenoxy) is 2. The van der Waals surface area contributed by atoms with Crippen molar-refractivity contribution in [2.24, 2.45) is 7.05 Å². The highest BCUT2D eigenvalue weighted by atomic mass is 16.5. The van der Waals surface area contributed by atoms with E-state index < -0.39 is 11.3 Å². The Bertz CT molecular complexity index is 642. The van der Waals surface area contributed by atoms with Crippen LogP contribution in [0.4, 0.5) is 0 Å². The molecule has 0 saturated heterocycles. The Morgan fingerprint density at radius 2 is 1.79 bits per heavy atom. The highest BCUT2D eigenvalue weighted by molar-refractivity contribution is 5.72. The van der Waals surface area contributed by atoms with E-state index in [-0.39, 0.29) is 0 Å². The Morgan fingerprint density at radius 3 is 2.32 bits per heavy atom. The first-order chi connectivity index (χ1) is 9.10. The molecule has 1 aromatic heterocycles. The summed E-state index contributed by atoms with van der Waals surface area (Å²) < 4.78 is 11.8. The van der Waals surface area contributed by atoms with Crippen molar-refractivity contribution >= 4 is 0 Å². The van der Waals surface area contributed by atoms with E-state index in [1.165, 1.54) is 25.8 Å². The fourth-order valence-corrected chi connectivity index (χ4v) is 1.84. The summed E-state index contributed by atoms with van der Waals surface area (Å²) in [4.78, 5) is 15.8. The molecule has 2 rings (SSSR count). The predicted octanol–water partition coefficient (Wildman–Crippen LogP) is 1.17. The van der Waals surface area contributed by atoms with Gasteiger partial charge in [-0.05, 0) is 12.1 Å². The minimum Gasteiger partial charge on any atom is -0.502 e. The van der Waals surface area contributed by atoms with Crippen LogP contribution in [0.3, 0.4) is 0 Å². The molecular weight excluding hydrogens is 248 g/mol. The second kappa shape index (κ2) is 5.01. The van der Waals surface area contributed by atoms with E-state index in [2.05, 4.69) is 4.98 Å². The molecule has 0 radical (unpaired) electrons. The van der Waals surface area contributed by atoms with Crippen molar-refractivity contribution in [3.63, 3.8) is 0 Å². The standard InChI is InChI=1S/C13H14N2O4/c1-15-12(14-7-8(16)13(15)17)11-9(18-2)5-4-6-10(11)19-3/h4-7,16H,1-3H3. The zero-order chi connectivity index (χ0) is 14.0. The van der Waals surface area contributed by atoms with Crippen LogP contribution in [-0.4, -0.2) is 28.9 Å². The van der Waals surface area contributed by atoms with Gasteiger partial charge in [-0.1, -0.05) is 6.07 Å². The van der Waals surface area contributed by atoms with Crippen LogP contribution in [-0.2, 0) is 7.05 Å². The number of hydrogen-bond acceptors (Lipinski definition) is 5. The van der Waals surface area contributed by atoms with E-state index in [0.29, 0.717) is 22.9 Å². The maximum Gasteiger partial charge on any atom is 0.295 e. The SMILES string of the molecule is COc1cccc(OC)c1-c1ncc(O)c(=O)n1C. The fourth-order valence-electron chi connectivity index (χ4n) is 1.84. The fraction of sp³-hybridized carbons (Fsp3) is 0.231. The van der Waals surface area contributed by atoms with Crippen LogP contribution in [0.1, 0.15) is 0 Å². The molecule has 0 bridgehead atoms. The van der Waals surface area contributed by atoms with Crippen LogP contribution in [0.2, 0.25) is 0 Å². The summed E-state index contributed by atoms with van der Waals surface area (Å²) >= 11 is 0. The lowest BCUT2D eigenvalue weighted by Crippen LogP contribution is -2.19. The third kappa shape index (κ3) is 2.12. The zero-order valence-corrected chi connectivity index (χ0v) is 10.9. The number of aromatic nitrogens is 2. The molecule has 1 heterocycles. The van der Waals surface area contributed by atoms with Gasteiger partial charge in [-0.15, -0.1) is 0 Å². The van der Waals surface area contributed by atoms with Gasteiger partial charge in [-0.25, -0.2) is 4.98 Å². The molecule has 19 heavy (non-hydrogen) atoms. The normalized spacial score (nSPS) is 10.3. The maximum atomic E-state index is 11.8. The smallest absolute Gasteiger partial charge is 0.295 e. The number of methoxy groups -OCH3 is 2. The van der Waals surface area contributed by atoms with Gasteiger partial charge in [-0.3, -0.25) is 9.36 Å². The molecule has 100 valence electrons. The van der Waals surface area contributed by atoms with Gasteiger partial charge in [0.15, 0.2) is 5.75 Å². The molecule has 0 aliphatic heterocycles. The lowest BCUT2D eigenvalue weighted by atomic mass is 10.1. The Hall–Kier alpha value is -2.50. The Labute approximate surface area is 109 Å². The van der Waals surface area contributed by atoms with E-state index in [1.807, 2.05) is 0 Å². The van der Waals surface area contributed by atoms with Gasteiger partial charge >= 0.3 is 0 Å². The van der Waals surface area contributed by atoms with E-state index in [4.69, 9.17) is 9.47 Å². The third-order valence-corrected chi connectivity index (χ3v) is 2.80. The Kier molecular flexibility index (Phi) is 3.41. The van der Waals surface area contributed by atoms with Gasteiger partial charge in [0.2, 0.25) is 0 Å². The summed E-state index contributed by atoms with van der Waals surface area (Å²) in [6, 6.07) is 5.27. The first kappa shape index (κ1) is 12.9. The van der Waals surface area contributed by atoms with Crippen molar-refractivity contribution in [2.75, 3.05) is 14.2 Å². The summed E-state index contributed by atoms with van der Waals surface area (Å²) in [5.74, 6) is 1.03. The lowest BCUT2D eigenvalue weighted by molar-refractivity contribution is 0.396. The van der Waals surface area contributed by atoms with Crippen LogP contribution in [0, 0.1) is 0 Å². The number of nitrogens with zero attached hydrogens (tertiary/aromatic N) is 2. The van der Waals surface area contributed by atoms with Crippen LogP contribution >= 0.6 is 0 Å². The number of hydrogen-bond donors (Lipinski definition) is 1. The minimum absolute atomic E-state index is 0.358. The molecular formula is C13H14N2O4. The molecule has 0 fully saturated rings. The summed E-state index contributed by atoms with van der Waals surface area (Å²) in [6.45, 7) is 0. The topological polar surface area (TPSA) is 73.6 Å². The molecule has 2 aromatic rings. The highest BCUT2D eigenvalue weighted by Gasteiger charge is 2.17. The molecule has 6 nitrogen and oxygen atoms in total. The van der Waals surface area contributed by atoms with Gasteiger partial charge in [0.05, 0.1) is 20.4 Å². The number of rotatable bonds is 3. The van der Waals surface area contributed by atoms with Crippen molar-refractivity contribution in [2.45, 2.75) is 0 Å². The quantitative estimate of drug-likeness (QED) is 0.898. The summed E-state index contributed by atoms with van der Waals surface area (Å²) in [5.41, 5.74) is 0.0325. The van der Waals surface area contributed by atoms with Crippen molar-refractivity contribution in [1.29, 1.82) is 0 Å². The summed E-state index contributed by atoms with van der Waals surface area (Å²) in [7, 11) is 4.57. The lowest BCUT2D eigenvalue weighted by Gasteiger charge is -2.14. The van der Waals surface area contributed by atoms with Crippen LogP contribution < -0.4 is 15.0 Å². The van der Waals surface area contributed by atoms with E-state index in [0.717, 1.165) is 6.20 Å². The van der Waals surface area contributed by atoms with E-state index >= 15 is 0 Å². The molecule has 0 spiro atoms. The highest BCUT2D eigenvalue weighted by Crippen LogP contribution is 2.36. The molecule has 0 amide bonds. The first-order valence-corrected chi connectivity index (χ1v) is 5.56. The van der Waals surface area contributed by atoms with Crippen LogP contribution in [0.25, 0.3) is 11.4 Å². The van der Waals surface area contributed by atoms with Gasteiger partial charge in [0.25, 0.3) is 5.56 Å². The monoisotopic (exact) mass is 262 g/mol. The molecule has 1 N–H and O–H groups in total.